The van der Waals surface area contributed by atoms with Crippen molar-refractivity contribution in [1.29, 1.82) is 0 Å². The van der Waals surface area contributed by atoms with Crippen LogP contribution >= 0.6 is 11.8 Å². The summed E-state index contributed by atoms with van der Waals surface area (Å²) in [7, 11) is 0. The van der Waals surface area contributed by atoms with Crippen LogP contribution in [-0.2, 0) is 0 Å². The van der Waals surface area contributed by atoms with Gasteiger partial charge in [0.25, 0.3) is 0 Å². The monoisotopic (exact) mass is 168 g/mol. The second-order valence-corrected chi connectivity index (χ2v) is 4.66. The van der Waals surface area contributed by atoms with Crippen molar-refractivity contribution in [2.75, 3.05) is 0 Å². The van der Waals surface area contributed by atoms with E-state index in [0.717, 1.165) is 10.7 Å². The lowest BCUT2D eigenvalue weighted by Gasteiger charge is -2.11. The molecular weight excluding hydrogens is 160 g/mol. The van der Waals surface area contributed by atoms with Gasteiger partial charge in [-0.05, 0) is 19.9 Å². The quantitative estimate of drug-likeness (QED) is 0.595. The van der Waals surface area contributed by atoms with Crippen LogP contribution in [0.15, 0.2) is 21.8 Å². The Morgan fingerprint density at radius 3 is 2.91 bits per heavy atom. The minimum absolute atomic E-state index is 0.172. The molecule has 0 N–H and O–H groups in total. The number of hydrogen-bond acceptors (Lipinski definition) is 3. The first-order chi connectivity index (χ1) is 5.11. The first kappa shape index (κ1) is 6.98. The van der Waals surface area contributed by atoms with Crippen LogP contribution in [0, 0.1) is 0 Å². The highest BCUT2D eigenvalue weighted by Crippen LogP contribution is 2.44. The molecule has 0 saturated carbocycles. The van der Waals surface area contributed by atoms with E-state index in [0.29, 0.717) is 0 Å². The van der Waals surface area contributed by atoms with Gasteiger partial charge < -0.3 is 4.42 Å². The summed E-state index contributed by atoms with van der Waals surface area (Å²) >= 11 is 1.49. The maximum absolute atomic E-state index is 11.5. The van der Waals surface area contributed by atoms with Gasteiger partial charge in [-0.15, -0.1) is 0 Å². The second-order valence-electron chi connectivity index (χ2n) is 3.06. The molecule has 2 rings (SSSR count). The third-order valence-electron chi connectivity index (χ3n) is 1.77. The lowest BCUT2D eigenvalue weighted by Crippen LogP contribution is -2.21. The topological polar surface area (TPSA) is 30.2 Å². The largest absolute Gasteiger partial charge is 0.457 e. The van der Waals surface area contributed by atoms with Gasteiger partial charge in [0.05, 0.1) is 16.6 Å². The number of carbonyl (C=O) groups excluding carboxylic acids is 1. The van der Waals surface area contributed by atoms with Gasteiger partial charge in [0.1, 0.15) is 0 Å². The molecule has 0 unspecified atom stereocenters. The fourth-order valence-corrected chi connectivity index (χ4v) is 2.19. The standard InChI is InChI=1S/C8H8O2S/c1-8(2)6(9)5-3-4-10-7(5)11-8/h3-4H,1-2H3. The average molecular weight is 168 g/mol. The molecule has 1 aliphatic heterocycles. The Hall–Kier alpha value is -0.700. The number of thioether (sulfide) groups is 1. The highest BCUT2D eigenvalue weighted by atomic mass is 32.2. The maximum Gasteiger partial charge on any atom is 0.183 e. The second kappa shape index (κ2) is 1.91. The molecule has 0 aliphatic carbocycles. The molecule has 0 bridgehead atoms. The third kappa shape index (κ3) is 0.839. The molecule has 0 radical (unpaired) electrons. The summed E-state index contributed by atoms with van der Waals surface area (Å²) in [6.45, 7) is 3.82. The maximum atomic E-state index is 11.5. The van der Waals surface area contributed by atoms with Crippen molar-refractivity contribution in [3.63, 3.8) is 0 Å². The molecule has 0 aromatic carbocycles. The fourth-order valence-electron chi connectivity index (χ4n) is 1.15. The van der Waals surface area contributed by atoms with Gasteiger partial charge in [-0.1, -0.05) is 11.8 Å². The predicted molar refractivity (Wildman–Crippen MR) is 43.0 cm³/mol. The number of Topliss-reactive ketones (excluding diaryl/α,β-unsaturated/α-hetero) is 1. The van der Waals surface area contributed by atoms with Gasteiger partial charge in [0.2, 0.25) is 0 Å². The third-order valence-corrected chi connectivity index (χ3v) is 2.97. The summed E-state index contributed by atoms with van der Waals surface area (Å²) in [5, 5.41) is 0.764. The molecule has 1 aliphatic rings. The zero-order valence-corrected chi connectivity index (χ0v) is 7.20. The molecule has 2 heterocycles. The van der Waals surface area contributed by atoms with E-state index in [1.807, 2.05) is 13.8 Å². The summed E-state index contributed by atoms with van der Waals surface area (Å²) in [5.41, 5.74) is 0.736. The van der Waals surface area contributed by atoms with Crippen molar-refractivity contribution in [3.8, 4) is 0 Å². The van der Waals surface area contributed by atoms with Crippen LogP contribution in [0.5, 0.6) is 0 Å². The lowest BCUT2D eigenvalue weighted by atomic mass is 10.0. The van der Waals surface area contributed by atoms with Gasteiger partial charge in [-0.3, -0.25) is 4.79 Å². The van der Waals surface area contributed by atoms with Crippen LogP contribution in [0.2, 0.25) is 0 Å². The Kier molecular flexibility index (Phi) is 1.21. The molecule has 0 spiro atoms. The predicted octanol–water partition coefficient (Wildman–Crippen LogP) is 2.35. The highest BCUT2D eigenvalue weighted by molar-refractivity contribution is 8.01. The van der Waals surface area contributed by atoms with Gasteiger partial charge >= 0.3 is 0 Å². The molecule has 11 heavy (non-hydrogen) atoms. The molecule has 0 fully saturated rings. The van der Waals surface area contributed by atoms with Gasteiger partial charge in [-0.25, -0.2) is 0 Å². The van der Waals surface area contributed by atoms with Crippen molar-refractivity contribution in [3.05, 3.63) is 17.9 Å². The first-order valence-electron chi connectivity index (χ1n) is 3.42. The Bertz CT molecular complexity index is 312. The van der Waals surface area contributed by atoms with Crippen LogP contribution in [-0.4, -0.2) is 10.5 Å². The van der Waals surface area contributed by atoms with E-state index in [9.17, 15) is 4.79 Å². The molecule has 1 aromatic heterocycles. The number of furan rings is 1. The molecule has 0 saturated heterocycles. The minimum Gasteiger partial charge on any atom is -0.457 e. The molecule has 2 nitrogen and oxygen atoms in total. The highest BCUT2D eigenvalue weighted by Gasteiger charge is 2.40. The number of ketones is 1. The summed E-state index contributed by atoms with van der Waals surface area (Å²) in [5.74, 6) is 0.172. The fraction of sp³-hybridized carbons (Fsp3) is 0.375. The van der Waals surface area contributed by atoms with Crippen molar-refractivity contribution in [2.45, 2.75) is 23.7 Å². The normalized spacial score (nSPS) is 20.4. The molecule has 0 amide bonds. The van der Waals surface area contributed by atoms with E-state index < -0.39 is 0 Å². The smallest absolute Gasteiger partial charge is 0.183 e. The zero-order valence-electron chi connectivity index (χ0n) is 6.38. The SMILES string of the molecule is CC1(C)Sc2occc2C1=O. The van der Waals surface area contributed by atoms with Crippen molar-refractivity contribution in [2.24, 2.45) is 0 Å². The summed E-state index contributed by atoms with van der Waals surface area (Å²) in [6, 6.07) is 1.74. The van der Waals surface area contributed by atoms with Crippen molar-refractivity contribution >= 4 is 17.5 Å². The van der Waals surface area contributed by atoms with Crippen LogP contribution < -0.4 is 0 Å². The zero-order chi connectivity index (χ0) is 8.06. The van der Waals surface area contributed by atoms with Crippen LogP contribution in [0.25, 0.3) is 0 Å². The van der Waals surface area contributed by atoms with Gasteiger partial charge in [0.15, 0.2) is 10.9 Å². The molecule has 3 heteroatoms. The molecule has 58 valence electrons. The van der Waals surface area contributed by atoms with Crippen LogP contribution in [0.3, 0.4) is 0 Å². The van der Waals surface area contributed by atoms with E-state index in [4.69, 9.17) is 4.42 Å². The van der Waals surface area contributed by atoms with E-state index in [-0.39, 0.29) is 10.5 Å². The van der Waals surface area contributed by atoms with Crippen molar-refractivity contribution < 1.29 is 9.21 Å². The Labute approximate surface area is 69.0 Å². The van der Waals surface area contributed by atoms with Crippen molar-refractivity contribution in [1.82, 2.24) is 0 Å². The Balaban J connectivity index is 2.54. The average Bonchev–Trinajstić information content (AvgIpc) is 2.39. The molecule has 1 aromatic rings. The number of rotatable bonds is 0. The summed E-state index contributed by atoms with van der Waals surface area (Å²) in [4.78, 5) is 11.5. The first-order valence-corrected chi connectivity index (χ1v) is 4.24. The number of carbonyl (C=O) groups is 1. The van der Waals surface area contributed by atoms with Crippen LogP contribution in [0.1, 0.15) is 24.2 Å². The number of fused-ring (bicyclic) bond motifs is 1. The van der Waals surface area contributed by atoms with E-state index in [1.54, 1.807) is 12.3 Å². The molecular formula is C8H8O2S. The van der Waals surface area contributed by atoms with E-state index in [2.05, 4.69) is 0 Å². The van der Waals surface area contributed by atoms with Gasteiger partial charge in [-0.2, -0.15) is 0 Å². The molecule has 0 atom stereocenters. The number of hydrogen-bond donors (Lipinski definition) is 0. The van der Waals surface area contributed by atoms with Gasteiger partial charge in [0, 0.05) is 0 Å². The lowest BCUT2D eigenvalue weighted by molar-refractivity contribution is 0.0960. The van der Waals surface area contributed by atoms with E-state index >= 15 is 0 Å². The summed E-state index contributed by atoms with van der Waals surface area (Å²) in [6.07, 6.45) is 1.56. The Morgan fingerprint density at radius 2 is 2.27 bits per heavy atom. The van der Waals surface area contributed by atoms with E-state index in [1.165, 1.54) is 11.8 Å². The summed E-state index contributed by atoms with van der Waals surface area (Å²) < 4.78 is 4.80. The minimum atomic E-state index is -0.324. The van der Waals surface area contributed by atoms with Crippen LogP contribution in [0.4, 0.5) is 0 Å². The Morgan fingerprint density at radius 1 is 1.55 bits per heavy atom.